The Morgan fingerprint density at radius 2 is 2.00 bits per heavy atom. The van der Waals surface area contributed by atoms with Crippen LogP contribution in [0, 0.1) is 0 Å². The molecule has 0 bridgehead atoms. The van der Waals surface area contributed by atoms with Crippen LogP contribution in [0.15, 0.2) is 24.3 Å². The van der Waals surface area contributed by atoms with Crippen molar-refractivity contribution in [3.05, 3.63) is 35.4 Å². The van der Waals surface area contributed by atoms with Gasteiger partial charge in [-0.25, -0.2) is 0 Å². The fourth-order valence-electron chi connectivity index (χ4n) is 2.30. The number of thioether (sulfide) groups is 1. The van der Waals surface area contributed by atoms with Gasteiger partial charge in [0, 0.05) is 17.5 Å². The third kappa shape index (κ3) is 4.23. The van der Waals surface area contributed by atoms with E-state index in [1.165, 1.54) is 11.1 Å². The van der Waals surface area contributed by atoms with Gasteiger partial charge in [0.05, 0.1) is 12.7 Å². The maximum atomic E-state index is 6.27. The number of ether oxygens (including phenoxy) is 1. The van der Waals surface area contributed by atoms with Gasteiger partial charge < -0.3 is 10.5 Å². The lowest BCUT2D eigenvalue weighted by Crippen LogP contribution is -2.42. The second-order valence-electron chi connectivity index (χ2n) is 6.30. The SMILES string of the molecule is CC(C)(C)c1ccc(CC(N)C2CSCCO2)cc1. The van der Waals surface area contributed by atoms with Crippen molar-refractivity contribution < 1.29 is 4.74 Å². The molecule has 106 valence electrons. The predicted octanol–water partition coefficient (Wildman–Crippen LogP) is 2.99. The molecular formula is C16H25NOS. The van der Waals surface area contributed by atoms with Gasteiger partial charge in [-0.2, -0.15) is 11.8 Å². The van der Waals surface area contributed by atoms with Crippen molar-refractivity contribution in [1.82, 2.24) is 0 Å². The van der Waals surface area contributed by atoms with E-state index >= 15 is 0 Å². The Bertz CT molecular complexity index is 390. The molecule has 19 heavy (non-hydrogen) atoms. The summed E-state index contributed by atoms with van der Waals surface area (Å²) < 4.78 is 5.74. The van der Waals surface area contributed by atoms with Gasteiger partial charge >= 0.3 is 0 Å². The highest BCUT2D eigenvalue weighted by Gasteiger charge is 2.22. The van der Waals surface area contributed by atoms with Crippen LogP contribution in [-0.4, -0.2) is 30.3 Å². The zero-order valence-corrected chi connectivity index (χ0v) is 13.0. The van der Waals surface area contributed by atoms with Gasteiger partial charge in [0.25, 0.3) is 0 Å². The van der Waals surface area contributed by atoms with E-state index in [1.54, 1.807) is 0 Å². The van der Waals surface area contributed by atoms with E-state index in [2.05, 4.69) is 45.0 Å². The molecule has 1 aliphatic heterocycles. The Morgan fingerprint density at radius 3 is 2.53 bits per heavy atom. The van der Waals surface area contributed by atoms with Crippen LogP contribution in [-0.2, 0) is 16.6 Å². The minimum Gasteiger partial charge on any atom is -0.375 e. The van der Waals surface area contributed by atoms with Crippen LogP contribution in [0.25, 0.3) is 0 Å². The lowest BCUT2D eigenvalue weighted by atomic mass is 9.86. The molecule has 1 saturated heterocycles. The molecule has 0 saturated carbocycles. The molecule has 1 fully saturated rings. The first-order valence-electron chi connectivity index (χ1n) is 7.01. The minimum absolute atomic E-state index is 0.105. The van der Waals surface area contributed by atoms with Crippen molar-refractivity contribution in [2.24, 2.45) is 5.73 Å². The van der Waals surface area contributed by atoms with Crippen LogP contribution in [0.5, 0.6) is 0 Å². The standard InChI is InChI=1S/C16H25NOS/c1-16(2,3)13-6-4-12(5-7-13)10-14(17)15-11-19-9-8-18-15/h4-7,14-15H,8-11,17H2,1-3H3. The molecule has 1 aromatic rings. The zero-order chi connectivity index (χ0) is 13.9. The van der Waals surface area contributed by atoms with E-state index in [0.717, 1.165) is 24.5 Å². The largest absolute Gasteiger partial charge is 0.375 e. The van der Waals surface area contributed by atoms with Gasteiger partial charge in [0.15, 0.2) is 0 Å². The minimum atomic E-state index is 0.105. The molecule has 1 aromatic carbocycles. The van der Waals surface area contributed by atoms with Crippen molar-refractivity contribution in [2.75, 3.05) is 18.1 Å². The first-order chi connectivity index (χ1) is 8.97. The van der Waals surface area contributed by atoms with Gasteiger partial charge in [0.2, 0.25) is 0 Å². The molecule has 3 heteroatoms. The highest BCUT2D eigenvalue weighted by atomic mass is 32.2. The molecule has 1 aliphatic rings. The maximum Gasteiger partial charge on any atom is 0.0819 e. The molecular weight excluding hydrogens is 254 g/mol. The summed E-state index contributed by atoms with van der Waals surface area (Å²) >= 11 is 1.94. The topological polar surface area (TPSA) is 35.2 Å². The summed E-state index contributed by atoms with van der Waals surface area (Å²) in [5.41, 5.74) is 9.15. The Labute approximate surface area is 121 Å². The summed E-state index contributed by atoms with van der Waals surface area (Å²) in [4.78, 5) is 0. The summed E-state index contributed by atoms with van der Waals surface area (Å²) in [6.45, 7) is 7.55. The van der Waals surface area contributed by atoms with Crippen LogP contribution >= 0.6 is 11.8 Å². The van der Waals surface area contributed by atoms with E-state index in [1.807, 2.05) is 11.8 Å². The molecule has 2 nitrogen and oxygen atoms in total. The van der Waals surface area contributed by atoms with Crippen molar-refractivity contribution >= 4 is 11.8 Å². The molecule has 2 rings (SSSR count). The second kappa shape index (κ2) is 6.29. The van der Waals surface area contributed by atoms with Gasteiger partial charge in [0.1, 0.15) is 0 Å². The third-order valence-corrected chi connectivity index (χ3v) is 4.63. The molecule has 0 amide bonds. The number of hydrogen-bond donors (Lipinski definition) is 1. The smallest absolute Gasteiger partial charge is 0.0819 e. The molecule has 2 unspecified atom stereocenters. The fourth-order valence-corrected chi connectivity index (χ4v) is 3.25. The van der Waals surface area contributed by atoms with Crippen LogP contribution in [0.4, 0.5) is 0 Å². The van der Waals surface area contributed by atoms with Crippen LogP contribution in [0.1, 0.15) is 31.9 Å². The van der Waals surface area contributed by atoms with E-state index in [4.69, 9.17) is 10.5 Å². The monoisotopic (exact) mass is 279 g/mol. The van der Waals surface area contributed by atoms with Gasteiger partial charge in [-0.3, -0.25) is 0 Å². The van der Waals surface area contributed by atoms with Crippen molar-refractivity contribution in [2.45, 2.75) is 44.8 Å². The predicted molar refractivity (Wildman–Crippen MR) is 83.9 cm³/mol. The van der Waals surface area contributed by atoms with Crippen molar-refractivity contribution in [3.8, 4) is 0 Å². The van der Waals surface area contributed by atoms with Crippen molar-refractivity contribution in [3.63, 3.8) is 0 Å². The second-order valence-corrected chi connectivity index (χ2v) is 7.45. The van der Waals surface area contributed by atoms with Crippen LogP contribution < -0.4 is 5.73 Å². The van der Waals surface area contributed by atoms with E-state index in [9.17, 15) is 0 Å². The summed E-state index contributed by atoms with van der Waals surface area (Å²) in [6, 6.07) is 8.96. The third-order valence-electron chi connectivity index (χ3n) is 3.61. The molecule has 0 aliphatic carbocycles. The Balaban J connectivity index is 1.95. The molecule has 0 spiro atoms. The first-order valence-corrected chi connectivity index (χ1v) is 8.16. The number of hydrogen-bond acceptors (Lipinski definition) is 3. The highest BCUT2D eigenvalue weighted by molar-refractivity contribution is 7.99. The fraction of sp³-hybridized carbons (Fsp3) is 0.625. The number of rotatable bonds is 3. The lowest BCUT2D eigenvalue weighted by Gasteiger charge is -2.28. The van der Waals surface area contributed by atoms with Gasteiger partial charge in [-0.1, -0.05) is 45.0 Å². The van der Waals surface area contributed by atoms with Crippen LogP contribution in [0.2, 0.25) is 0 Å². The average molecular weight is 279 g/mol. The van der Waals surface area contributed by atoms with Gasteiger partial charge in [-0.15, -0.1) is 0 Å². The van der Waals surface area contributed by atoms with E-state index in [-0.39, 0.29) is 17.6 Å². The maximum absolute atomic E-state index is 6.27. The summed E-state index contributed by atoms with van der Waals surface area (Å²) in [5, 5.41) is 0. The Morgan fingerprint density at radius 1 is 1.32 bits per heavy atom. The molecule has 0 radical (unpaired) electrons. The number of nitrogens with two attached hydrogens (primary N) is 1. The zero-order valence-electron chi connectivity index (χ0n) is 12.2. The summed E-state index contributed by atoms with van der Waals surface area (Å²) in [5.74, 6) is 2.13. The lowest BCUT2D eigenvalue weighted by molar-refractivity contribution is 0.0572. The molecule has 1 heterocycles. The first kappa shape index (κ1) is 14.9. The normalized spacial score (nSPS) is 22.2. The highest BCUT2D eigenvalue weighted by Crippen LogP contribution is 2.23. The quantitative estimate of drug-likeness (QED) is 0.924. The van der Waals surface area contributed by atoms with Gasteiger partial charge in [-0.05, 0) is 23.0 Å². The summed E-state index contributed by atoms with van der Waals surface area (Å²) in [6.07, 6.45) is 1.11. The van der Waals surface area contributed by atoms with E-state index in [0.29, 0.717) is 0 Å². The Kier molecular flexibility index (Phi) is 4.93. The molecule has 2 atom stereocenters. The Hall–Kier alpha value is -0.510. The average Bonchev–Trinajstić information content (AvgIpc) is 2.39. The van der Waals surface area contributed by atoms with Crippen LogP contribution in [0.3, 0.4) is 0 Å². The summed E-state index contributed by atoms with van der Waals surface area (Å²) in [7, 11) is 0. The number of benzene rings is 1. The van der Waals surface area contributed by atoms with E-state index < -0.39 is 0 Å². The molecule has 2 N–H and O–H groups in total. The van der Waals surface area contributed by atoms with Crippen molar-refractivity contribution in [1.29, 1.82) is 0 Å². The molecule has 0 aromatic heterocycles.